The van der Waals surface area contributed by atoms with E-state index in [1.807, 2.05) is 38.1 Å². The minimum Gasteiger partial charge on any atom is -0.454 e. The number of rotatable bonds is 4. The maximum Gasteiger partial charge on any atom is 0.254 e. The largest absolute Gasteiger partial charge is 0.454 e. The number of nitrogens with zero attached hydrogens (tertiary/aromatic N) is 2. The molecule has 0 N–H and O–H groups in total. The number of aryl methyl sites for hydroxylation is 1. The Morgan fingerprint density at radius 1 is 1.11 bits per heavy atom. The zero-order valence-electron chi connectivity index (χ0n) is 15.5. The Morgan fingerprint density at radius 3 is 2.63 bits per heavy atom. The third kappa shape index (κ3) is 3.23. The molecule has 0 radical (unpaired) electrons. The molecule has 0 atom stereocenters. The van der Waals surface area contributed by atoms with E-state index in [2.05, 4.69) is 0 Å². The summed E-state index contributed by atoms with van der Waals surface area (Å²) in [5.74, 6) is 1.06. The fourth-order valence-corrected chi connectivity index (χ4v) is 3.49. The van der Waals surface area contributed by atoms with Crippen LogP contribution < -0.4 is 14.4 Å². The molecule has 2 heterocycles. The number of amides is 2. The van der Waals surface area contributed by atoms with Crippen LogP contribution in [0, 0.1) is 12.8 Å². The van der Waals surface area contributed by atoms with Crippen LogP contribution in [-0.4, -0.2) is 43.1 Å². The average molecular weight is 366 g/mol. The van der Waals surface area contributed by atoms with Crippen LogP contribution >= 0.6 is 0 Å². The van der Waals surface area contributed by atoms with Crippen LogP contribution in [0.5, 0.6) is 11.5 Å². The Kier molecular flexibility index (Phi) is 4.48. The Labute approximate surface area is 158 Å². The van der Waals surface area contributed by atoms with E-state index < -0.39 is 0 Å². The first kappa shape index (κ1) is 17.4. The quantitative estimate of drug-likeness (QED) is 0.835. The van der Waals surface area contributed by atoms with Crippen molar-refractivity contribution in [3.63, 3.8) is 0 Å². The third-order valence-electron chi connectivity index (χ3n) is 5.03. The van der Waals surface area contributed by atoms with Crippen molar-refractivity contribution < 1.29 is 19.1 Å². The topological polar surface area (TPSA) is 59.1 Å². The molecule has 0 saturated carbocycles. The zero-order chi connectivity index (χ0) is 19.0. The normalized spacial score (nSPS) is 15.4. The van der Waals surface area contributed by atoms with Crippen molar-refractivity contribution in [2.45, 2.75) is 13.8 Å². The van der Waals surface area contributed by atoms with E-state index in [4.69, 9.17) is 9.47 Å². The molecule has 2 amide bonds. The van der Waals surface area contributed by atoms with Gasteiger partial charge in [-0.3, -0.25) is 9.59 Å². The predicted molar refractivity (Wildman–Crippen MR) is 101 cm³/mol. The summed E-state index contributed by atoms with van der Waals surface area (Å²) in [7, 11) is 0. The van der Waals surface area contributed by atoms with Gasteiger partial charge in [0.2, 0.25) is 12.7 Å². The van der Waals surface area contributed by atoms with Crippen LogP contribution in [0.2, 0.25) is 0 Å². The van der Waals surface area contributed by atoms with Gasteiger partial charge in [-0.1, -0.05) is 12.1 Å². The number of carbonyl (C=O) groups excluding carboxylic acids is 2. The highest BCUT2D eigenvalue weighted by Gasteiger charge is 2.38. The van der Waals surface area contributed by atoms with Gasteiger partial charge in [0.25, 0.3) is 5.91 Å². The lowest BCUT2D eigenvalue weighted by Crippen LogP contribution is -2.56. The van der Waals surface area contributed by atoms with Crippen LogP contribution in [0.3, 0.4) is 0 Å². The summed E-state index contributed by atoms with van der Waals surface area (Å²) in [6.45, 7) is 5.64. The summed E-state index contributed by atoms with van der Waals surface area (Å²) >= 11 is 0. The van der Waals surface area contributed by atoms with Crippen LogP contribution in [0.4, 0.5) is 5.69 Å². The Balaban J connectivity index is 1.41. The van der Waals surface area contributed by atoms with Crippen molar-refractivity contribution >= 4 is 17.5 Å². The number of benzene rings is 2. The minimum atomic E-state index is -0.163. The van der Waals surface area contributed by atoms with E-state index in [-0.39, 0.29) is 24.5 Å². The molecule has 6 heteroatoms. The van der Waals surface area contributed by atoms with Gasteiger partial charge in [-0.15, -0.1) is 0 Å². The monoisotopic (exact) mass is 366 g/mol. The van der Waals surface area contributed by atoms with E-state index in [1.165, 1.54) is 0 Å². The Hall–Kier alpha value is -3.02. The van der Waals surface area contributed by atoms with Crippen molar-refractivity contribution in [2.75, 3.05) is 31.3 Å². The summed E-state index contributed by atoms with van der Waals surface area (Å²) in [6, 6.07) is 13.1. The number of ether oxygens (including phenoxy) is 2. The standard InChI is InChI=1S/C21H22N2O4/c1-3-23(17-6-4-5-14(2)9-17)21(25)16-11-22(12-16)20(24)15-7-8-18-19(10-15)27-13-26-18/h4-10,16H,3,11-13H2,1-2H3. The Morgan fingerprint density at radius 2 is 1.89 bits per heavy atom. The first-order chi connectivity index (χ1) is 13.1. The molecule has 0 aromatic heterocycles. The number of anilines is 1. The molecule has 27 heavy (non-hydrogen) atoms. The summed E-state index contributed by atoms with van der Waals surface area (Å²) < 4.78 is 10.6. The van der Waals surface area contributed by atoms with Crippen molar-refractivity contribution in [3.8, 4) is 11.5 Å². The first-order valence-electron chi connectivity index (χ1n) is 9.14. The summed E-state index contributed by atoms with van der Waals surface area (Å²) in [6.07, 6.45) is 0. The maximum absolute atomic E-state index is 12.9. The first-order valence-corrected chi connectivity index (χ1v) is 9.14. The van der Waals surface area contributed by atoms with Crippen LogP contribution in [0.1, 0.15) is 22.8 Å². The van der Waals surface area contributed by atoms with E-state index in [0.29, 0.717) is 36.7 Å². The Bertz CT molecular complexity index is 890. The summed E-state index contributed by atoms with van der Waals surface area (Å²) in [4.78, 5) is 29.0. The molecule has 2 aliphatic heterocycles. The van der Waals surface area contributed by atoms with Crippen LogP contribution in [0.15, 0.2) is 42.5 Å². The van der Waals surface area contributed by atoms with Gasteiger partial charge in [0.05, 0.1) is 5.92 Å². The number of likely N-dealkylation sites (tertiary alicyclic amines) is 1. The van der Waals surface area contributed by atoms with E-state index in [1.54, 1.807) is 28.0 Å². The molecule has 0 bridgehead atoms. The molecule has 2 aromatic rings. The van der Waals surface area contributed by atoms with Crippen molar-refractivity contribution in [1.82, 2.24) is 4.90 Å². The summed E-state index contributed by atoms with van der Waals surface area (Å²) in [5, 5.41) is 0. The van der Waals surface area contributed by atoms with Gasteiger partial charge in [0.15, 0.2) is 11.5 Å². The lowest BCUT2D eigenvalue weighted by atomic mass is 9.96. The van der Waals surface area contributed by atoms with Crippen LogP contribution in [0.25, 0.3) is 0 Å². The second-order valence-electron chi connectivity index (χ2n) is 6.90. The molecular weight excluding hydrogens is 344 g/mol. The molecule has 0 aliphatic carbocycles. The maximum atomic E-state index is 12.9. The minimum absolute atomic E-state index is 0.0674. The molecule has 6 nitrogen and oxygen atoms in total. The highest BCUT2D eigenvalue weighted by atomic mass is 16.7. The molecule has 140 valence electrons. The van der Waals surface area contributed by atoms with Gasteiger partial charge in [0.1, 0.15) is 0 Å². The zero-order valence-corrected chi connectivity index (χ0v) is 15.5. The number of fused-ring (bicyclic) bond motifs is 1. The fraction of sp³-hybridized carbons (Fsp3) is 0.333. The molecular formula is C21H22N2O4. The number of hydrogen-bond acceptors (Lipinski definition) is 4. The lowest BCUT2D eigenvalue weighted by Gasteiger charge is -2.40. The average Bonchev–Trinajstić information content (AvgIpc) is 3.08. The van der Waals surface area contributed by atoms with Gasteiger partial charge < -0.3 is 19.3 Å². The van der Waals surface area contributed by atoms with Gasteiger partial charge in [-0.05, 0) is 49.7 Å². The second-order valence-corrected chi connectivity index (χ2v) is 6.90. The van der Waals surface area contributed by atoms with Gasteiger partial charge in [0, 0.05) is 30.9 Å². The highest BCUT2D eigenvalue weighted by molar-refractivity contribution is 6.00. The number of hydrogen-bond donors (Lipinski definition) is 0. The SMILES string of the molecule is CCN(C(=O)C1CN(C(=O)c2ccc3c(c2)OCO3)C1)c1cccc(C)c1. The second kappa shape index (κ2) is 6.95. The van der Waals surface area contributed by atoms with Crippen LogP contribution in [-0.2, 0) is 4.79 Å². The molecule has 2 aromatic carbocycles. The molecule has 2 aliphatic rings. The smallest absolute Gasteiger partial charge is 0.254 e. The molecule has 1 fully saturated rings. The van der Waals surface area contributed by atoms with Crippen molar-refractivity contribution in [1.29, 1.82) is 0 Å². The van der Waals surface area contributed by atoms with Gasteiger partial charge >= 0.3 is 0 Å². The van der Waals surface area contributed by atoms with E-state index in [0.717, 1.165) is 11.3 Å². The van der Waals surface area contributed by atoms with E-state index in [9.17, 15) is 9.59 Å². The molecule has 0 unspecified atom stereocenters. The predicted octanol–water partition coefficient (Wildman–Crippen LogP) is 2.85. The lowest BCUT2D eigenvalue weighted by molar-refractivity contribution is -0.126. The molecule has 4 rings (SSSR count). The van der Waals surface area contributed by atoms with Gasteiger partial charge in [-0.2, -0.15) is 0 Å². The number of carbonyl (C=O) groups is 2. The molecule has 1 saturated heterocycles. The van der Waals surface area contributed by atoms with Crippen molar-refractivity contribution in [3.05, 3.63) is 53.6 Å². The summed E-state index contributed by atoms with van der Waals surface area (Å²) in [5.41, 5.74) is 2.58. The van der Waals surface area contributed by atoms with Gasteiger partial charge in [-0.25, -0.2) is 0 Å². The van der Waals surface area contributed by atoms with Crippen molar-refractivity contribution in [2.24, 2.45) is 5.92 Å². The van der Waals surface area contributed by atoms with E-state index >= 15 is 0 Å². The molecule has 0 spiro atoms. The highest BCUT2D eigenvalue weighted by Crippen LogP contribution is 2.33. The third-order valence-corrected chi connectivity index (χ3v) is 5.03. The fourth-order valence-electron chi connectivity index (χ4n) is 3.49.